The van der Waals surface area contributed by atoms with Crippen LogP contribution in [0.3, 0.4) is 0 Å². The van der Waals surface area contributed by atoms with E-state index >= 15 is 0 Å². The highest BCUT2D eigenvalue weighted by atomic mass is 16.7. The van der Waals surface area contributed by atoms with Crippen LogP contribution in [0.1, 0.15) is 74.7 Å². The zero-order valence-corrected chi connectivity index (χ0v) is 27.8. The number of hydrogen-bond donors (Lipinski definition) is 2. The number of carbonyl (C=O) groups excluding carboxylic acids is 3. The minimum Gasteiger partial charge on any atom is -0.459 e. The minimum absolute atomic E-state index is 0.0816. The number of carbonyl (C=O) groups is 3. The maximum absolute atomic E-state index is 13.9. The summed E-state index contributed by atoms with van der Waals surface area (Å²) >= 11 is 0. The van der Waals surface area contributed by atoms with Crippen molar-refractivity contribution in [2.45, 2.75) is 116 Å². The summed E-state index contributed by atoms with van der Waals surface area (Å²) in [6, 6.07) is 0.164. The molecule has 2 aliphatic rings. The Balaban J connectivity index is 2.45. The molecule has 9 atom stereocenters. The SMILES string of the molecule is CC[C@@H](OC(=O)C(C)C(=O)[C@H](C)[C@@H](OC1CC(N(C)C)CC(C)O1)[C@@]1(C)CN(O)CC(C)COCC(=O)CO1)C(C)(C)O. The number of ether oxygens (including phenoxy) is 5. The lowest BCUT2D eigenvalue weighted by Gasteiger charge is -2.45. The number of hydroxylamine groups is 2. The lowest BCUT2D eigenvalue weighted by Crippen LogP contribution is -2.58. The Kier molecular flexibility index (Phi) is 14.2. The van der Waals surface area contributed by atoms with Gasteiger partial charge in [0.2, 0.25) is 0 Å². The van der Waals surface area contributed by atoms with E-state index in [1.807, 2.05) is 27.9 Å². The molecule has 12 heteroatoms. The first kappa shape index (κ1) is 37.7. The molecular weight excluding hydrogens is 560 g/mol. The number of aliphatic hydroxyl groups is 1. The maximum Gasteiger partial charge on any atom is 0.316 e. The molecule has 2 aliphatic heterocycles. The first-order valence-corrected chi connectivity index (χ1v) is 15.5. The molecular formula is C31H56N2O10. The van der Waals surface area contributed by atoms with Crippen molar-refractivity contribution in [3.8, 4) is 0 Å². The van der Waals surface area contributed by atoms with Crippen LogP contribution in [0.25, 0.3) is 0 Å². The van der Waals surface area contributed by atoms with Crippen LogP contribution in [0.5, 0.6) is 0 Å². The second-order valence-corrected chi connectivity index (χ2v) is 13.5. The molecule has 0 amide bonds. The fourth-order valence-corrected chi connectivity index (χ4v) is 5.88. The second-order valence-electron chi connectivity index (χ2n) is 13.5. The van der Waals surface area contributed by atoms with Crippen molar-refractivity contribution in [3.63, 3.8) is 0 Å². The molecule has 0 bridgehead atoms. The minimum atomic E-state index is -1.37. The van der Waals surface area contributed by atoms with Crippen molar-refractivity contribution in [1.29, 1.82) is 0 Å². The van der Waals surface area contributed by atoms with Gasteiger partial charge in [-0.25, -0.2) is 0 Å². The molecule has 0 saturated carbocycles. The van der Waals surface area contributed by atoms with Gasteiger partial charge >= 0.3 is 5.97 Å². The van der Waals surface area contributed by atoms with Crippen molar-refractivity contribution in [3.05, 3.63) is 0 Å². The Morgan fingerprint density at radius 1 is 1.19 bits per heavy atom. The summed E-state index contributed by atoms with van der Waals surface area (Å²) in [5.74, 6) is -3.69. The molecule has 0 aromatic heterocycles. The third-order valence-corrected chi connectivity index (χ3v) is 8.43. The summed E-state index contributed by atoms with van der Waals surface area (Å²) in [5, 5.41) is 22.5. The monoisotopic (exact) mass is 616 g/mol. The quantitative estimate of drug-likeness (QED) is 0.260. The largest absolute Gasteiger partial charge is 0.459 e. The van der Waals surface area contributed by atoms with Crippen LogP contribution in [-0.4, -0.2) is 127 Å². The average molecular weight is 617 g/mol. The van der Waals surface area contributed by atoms with Crippen molar-refractivity contribution in [1.82, 2.24) is 9.96 Å². The van der Waals surface area contributed by atoms with Gasteiger partial charge in [0.1, 0.15) is 36.9 Å². The van der Waals surface area contributed by atoms with Crippen LogP contribution < -0.4 is 0 Å². The molecule has 43 heavy (non-hydrogen) atoms. The highest BCUT2D eigenvalue weighted by Gasteiger charge is 2.48. The van der Waals surface area contributed by atoms with Crippen LogP contribution in [0, 0.1) is 17.8 Å². The lowest BCUT2D eigenvalue weighted by molar-refractivity contribution is -0.274. The Morgan fingerprint density at radius 3 is 2.42 bits per heavy atom. The number of Topliss-reactive ketones (excluding diaryl/α,β-unsaturated/α-hetero) is 2. The number of ketones is 2. The molecule has 0 spiro atoms. The maximum atomic E-state index is 13.9. The summed E-state index contributed by atoms with van der Waals surface area (Å²) in [6.45, 7) is 13.5. The van der Waals surface area contributed by atoms with E-state index in [4.69, 9.17) is 23.7 Å². The molecule has 2 heterocycles. The number of nitrogens with zero attached hydrogens (tertiary/aromatic N) is 2. The fraction of sp³-hybridized carbons (Fsp3) is 0.903. The summed E-state index contributed by atoms with van der Waals surface area (Å²) < 4.78 is 30.0. The molecule has 250 valence electrons. The van der Waals surface area contributed by atoms with Gasteiger partial charge in [-0.15, -0.1) is 0 Å². The van der Waals surface area contributed by atoms with Crippen LogP contribution >= 0.6 is 0 Å². The molecule has 2 saturated heterocycles. The fourth-order valence-electron chi connectivity index (χ4n) is 5.88. The molecule has 0 radical (unpaired) electrons. The van der Waals surface area contributed by atoms with E-state index in [9.17, 15) is 24.7 Å². The first-order valence-electron chi connectivity index (χ1n) is 15.5. The molecule has 0 aliphatic carbocycles. The van der Waals surface area contributed by atoms with Gasteiger partial charge in [0, 0.05) is 24.9 Å². The topological polar surface area (TPSA) is 144 Å². The van der Waals surface area contributed by atoms with E-state index < -0.39 is 53.3 Å². The van der Waals surface area contributed by atoms with Gasteiger partial charge in [-0.05, 0) is 67.5 Å². The highest BCUT2D eigenvalue weighted by Crippen LogP contribution is 2.34. The van der Waals surface area contributed by atoms with Crippen LogP contribution in [-0.2, 0) is 38.1 Å². The summed E-state index contributed by atoms with van der Waals surface area (Å²) in [6.07, 6.45) is -0.937. The van der Waals surface area contributed by atoms with Crippen LogP contribution in [0.4, 0.5) is 0 Å². The van der Waals surface area contributed by atoms with E-state index in [1.54, 1.807) is 34.6 Å². The Morgan fingerprint density at radius 2 is 1.84 bits per heavy atom. The smallest absolute Gasteiger partial charge is 0.316 e. The van der Waals surface area contributed by atoms with Gasteiger partial charge in [0.25, 0.3) is 0 Å². The van der Waals surface area contributed by atoms with Crippen LogP contribution in [0.2, 0.25) is 0 Å². The third-order valence-electron chi connectivity index (χ3n) is 8.43. The molecule has 12 nitrogen and oxygen atoms in total. The summed E-state index contributed by atoms with van der Waals surface area (Å²) in [4.78, 5) is 41.8. The molecule has 0 aromatic carbocycles. The van der Waals surface area contributed by atoms with Gasteiger partial charge in [0.05, 0.1) is 24.9 Å². The van der Waals surface area contributed by atoms with E-state index in [-0.39, 0.29) is 56.8 Å². The Hall–Kier alpha value is -1.51. The first-order chi connectivity index (χ1) is 19.9. The van der Waals surface area contributed by atoms with Gasteiger partial charge in [-0.1, -0.05) is 20.8 Å². The zero-order chi connectivity index (χ0) is 32.7. The van der Waals surface area contributed by atoms with Crippen molar-refractivity contribution < 1.29 is 48.4 Å². The van der Waals surface area contributed by atoms with E-state index in [0.717, 1.165) is 11.5 Å². The normalized spacial score (nSPS) is 31.5. The van der Waals surface area contributed by atoms with E-state index in [0.29, 0.717) is 12.8 Å². The predicted molar refractivity (Wildman–Crippen MR) is 158 cm³/mol. The molecule has 2 fully saturated rings. The molecule has 2 rings (SSSR count). The highest BCUT2D eigenvalue weighted by molar-refractivity contribution is 6.00. The van der Waals surface area contributed by atoms with E-state index in [2.05, 4.69) is 4.90 Å². The van der Waals surface area contributed by atoms with Gasteiger partial charge in [-0.3, -0.25) is 14.4 Å². The summed E-state index contributed by atoms with van der Waals surface area (Å²) in [7, 11) is 3.97. The number of esters is 1. The van der Waals surface area contributed by atoms with Gasteiger partial charge < -0.3 is 38.9 Å². The molecule has 0 aromatic rings. The van der Waals surface area contributed by atoms with Crippen LogP contribution in [0.15, 0.2) is 0 Å². The van der Waals surface area contributed by atoms with Crippen molar-refractivity contribution in [2.75, 3.05) is 47.0 Å². The zero-order valence-electron chi connectivity index (χ0n) is 27.8. The number of hydrogen-bond acceptors (Lipinski definition) is 12. The predicted octanol–water partition coefficient (Wildman–Crippen LogP) is 2.46. The summed E-state index contributed by atoms with van der Waals surface area (Å²) in [5.41, 5.74) is -2.65. The molecule has 5 unspecified atom stereocenters. The van der Waals surface area contributed by atoms with E-state index in [1.165, 1.54) is 6.92 Å². The Labute approximate surface area is 257 Å². The van der Waals surface area contributed by atoms with Gasteiger partial charge in [-0.2, -0.15) is 5.06 Å². The third kappa shape index (κ3) is 11.1. The van der Waals surface area contributed by atoms with Crippen molar-refractivity contribution >= 4 is 17.5 Å². The molecule has 2 N–H and O–H groups in total. The Bertz CT molecular complexity index is 925. The standard InChI is InChI=1S/C31H56N2O10/c1-11-25(30(6,7)37)42-29(36)22(5)27(35)21(4)28(43-26-13-23(32(9)10)12-20(3)41-26)31(8)18-33(38)14-19(2)15-39-16-24(34)17-40-31/h19-23,25-26,28,37-38H,11-18H2,1-10H3/t19?,20?,21-,22?,23?,25+,26?,28+,31+/m0/s1. The van der Waals surface area contributed by atoms with Gasteiger partial charge in [0.15, 0.2) is 17.9 Å². The average Bonchev–Trinajstić information content (AvgIpc) is 2.92. The second kappa shape index (κ2) is 16.2. The van der Waals surface area contributed by atoms with Crippen molar-refractivity contribution in [2.24, 2.45) is 17.8 Å². The number of rotatable bonds is 11. The lowest BCUT2D eigenvalue weighted by atomic mass is 9.82.